The van der Waals surface area contributed by atoms with E-state index in [1.807, 2.05) is 11.7 Å². The van der Waals surface area contributed by atoms with Crippen LogP contribution in [-0.4, -0.2) is 10.7 Å². The highest BCUT2D eigenvalue weighted by molar-refractivity contribution is 7.12. The maximum atomic E-state index is 4.54. The van der Waals surface area contributed by atoms with Gasteiger partial charge in [0, 0.05) is 11.8 Å². The van der Waals surface area contributed by atoms with E-state index in [1.165, 1.54) is 16.7 Å². The van der Waals surface area contributed by atoms with Crippen molar-refractivity contribution in [3.63, 3.8) is 0 Å². The molecule has 2 nitrogen and oxygen atoms in total. The molecule has 1 aliphatic heterocycles. The van der Waals surface area contributed by atoms with Gasteiger partial charge >= 0.3 is 0 Å². The van der Waals surface area contributed by atoms with E-state index in [-0.39, 0.29) is 7.43 Å². The zero-order chi connectivity index (χ0) is 10.4. The van der Waals surface area contributed by atoms with E-state index in [2.05, 4.69) is 36.0 Å². The number of hydrogen-bond acceptors (Lipinski definition) is 3. The van der Waals surface area contributed by atoms with Crippen LogP contribution in [-0.2, 0) is 0 Å². The fourth-order valence-electron chi connectivity index (χ4n) is 1.98. The minimum absolute atomic E-state index is 0. The Balaban J connectivity index is 0.000000963. The van der Waals surface area contributed by atoms with Gasteiger partial charge in [0.15, 0.2) is 0 Å². The standard InChI is InChI=1S/C12H10N2S.CH4/c1-7-3-8(2)11-9(4-7)14-12(11)10-5-13-6-15-10;/h3-6H,1-2H3;1H4. The van der Waals surface area contributed by atoms with E-state index in [4.69, 9.17) is 0 Å². The van der Waals surface area contributed by atoms with Gasteiger partial charge in [-0.15, -0.1) is 11.3 Å². The third-order valence-corrected chi connectivity index (χ3v) is 3.37. The summed E-state index contributed by atoms with van der Waals surface area (Å²) in [5, 5.41) is 0. The molecule has 1 aromatic heterocycles. The number of aryl methyl sites for hydroxylation is 2. The largest absolute Gasteiger partial charge is 0.252 e. The second-order valence-corrected chi connectivity index (χ2v) is 4.69. The molecule has 0 aliphatic carbocycles. The molecule has 2 aromatic rings. The highest BCUT2D eigenvalue weighted by Gasteiger charge is 2.23. The van der Waals surface area contributed by atoms with Crippen LogP contribution in [0, 0.1) is 13.8 Å². The number of hydrogen-bond donors (Lipinski definition) is 0. The van der Waals surface area contributed by atoms with E-state index >= 15 is 0 Å². The maximum absolute atomic E-state index is 4.54. The van der Waals surface area contributed by atoms with Crippen LogP contribution in [0.1, 0.15) is 29.0 Å². The summed E-state index contributed by atoms with van der Waals surface area (Å²) in [5.74, 6) is 0. The number of aliphatic imine (C=N–C) groups is 1. The van der Waals surface area contributed by atoms with Crippen molar-refractivity contribution in [3.05, 3.63) is 45.4 Å². The smallest absolute Gasteiger partial charge is 0.0922 e. The molecule has 0 N–H and O–H groups in total. The summed E-state index contributed by atoms with van der Waals surface area (Å²) < 4.78 is 0. The normalized spacial score (nSPS) is 12.2. The second-order valence-electron chi connectivity index (χ2n) is 3.80. The van der Waals surface area contributed by atoms with Crippen LogP contribution in [0.5, 0.6) is 0 Å². The molecule has 2 heterocycles. The van der Waals surface area contributed by atoms with Gasteiger partial charge in [-0.25, -0.2) is 4.99 Å². The van der Waals surface area contributed by atoms with Crippen LogP contribution in [0.4, 0.5) is 5.69 Å². The summed E-state index contributed by atoms with van der Waals surface area (Å²) in [5.41, 5.74) is 7.95. The van der Waals surface area contributed by atoms with Crippen LogP contribution >= 0.6 is 11.3 Å². The minimum atomic E-state index is 0. The maximum Gasteiger partial charge on any atom is 0.0922 e. The molecule has 0 bridgehead atoms. The first-order chi connectivity index (χ1) is 7.25. The predicted molar refractivity (Wildman–Crippen MR) is 70.1 cm³/mol. The topological polar surface area (TPSA) is 25.2 Å². The van der Waals surface area contributed by atoms with Crippen LogP contribution in [0.25, 0.3) is 0 Å². The lowest BCUT2D eigenvalue weighted by atomic mass is 9.94. The monoisotopic (exact) mass is 230 g/mol. The Bertz CT molecular complexity index is 554. The van der Waals surface area contributed by atoms with Crippen molar-refractivity contribution < 1.29 is 0 Å². The number of rotatable bonds is 1. The van der Waals surface area contributed by atoms with E-state index in [0.717, 1.165) is 16.3 Å². The Kier molecular flexibility index (Phi) is 2.64. The van der Waals surface area contributed by atoms with Crippen LogP contribution in [0.3, 0.4) is 0 Å². The molecule has 3 rings (SSSR count). The average molecular weight is 230 g/mol. The Labute approximate surface area is 99.7 Å². The second kappa shape index (κ2) is 3.83. The van der Waals surface area contributed by atoms with Gasteiger partial charge in [-0.05, 0) is 31.0 Å². The fraction of sp³-hybridized carbons (Fsp3) is 0.231. The third kappa shape index (κ3) is 1.48. The molecule has 1 aromatic carbocycles. The number of thiazole rings is 1. The lowest BCUT2D eigenvalue weighted by molar-refractivity contribution is 1.29. The molecule has 0 fully saturated rings. The van der Waals surface area contributed by atoms with Gasteiger partial charge in [0.05, 0.1) is 21.8 Å². The van der Waals surface area contributed by atoms with Gasteiger partial charge in [0.2, 0.25) is 0 Å². The van der Waals surface area contributed by atoms with Gasteiger partial charge in [-0.1, -0.05) is 13.5 Å². The van der Waals surface area contributed by atoms with Gasteiger partial charge in [0.1, 0.15) is 0 Å². The van der Waals surface area contributed by atoms with Crippen LogP contribution < -0.4 is 0 Å². The first kappa shape index (κ1) is 11.0. The summed E-state index contributed by atoms with van der Waals surface area (Å²) >= 11 is 1.64. The zero-order valence-electron chi connectivity index (χ0n) is 8.61. The first-order valence-electron chi connectivity index (χ1n) is 4.85. The average Bonchev–Trinajstić information content (AvgIpc) is 2.61. The van der Waals surface area contributed by atoms with E-state index in [1.54, 1.807) is 11.3 Å². The van der Waals surface area contributed by atoms with Crippen molar-refractivity contribution in [3.8, 4) is 0 Å². The minimum Gasteiger partial charge on any atom is -0.252 e. The lowest BCUT2D eigenvalue weighted by Crippen LogP contribution is -2.11. The molecule has 0 unspecified atom stereocenters. The Morgan fingerprint density at radius 2 is 2.00 bits per heavy atom. The molecule has 0 radical (unpaired) electrons. The molecule has 1 aliphatic rings. The van der Waals surface area contributed by atoms with Crippen LogP contribution in [0.15, 0.2) is 28.8 Å². The quantitative estimate of drug-likeness (QED) is 0.623. The highest BCUT2D eigenvalue weighted by Crippen LogP contribution is 2.36. The predicted octanol–water partition coefficient (Wildman–Crippen LogP) is 3.88. The summed E-state index contributed by atoms with van der Waals surface area (Å²) in [6.07, 6.45) is 1.88. The number of aromatic nitrogens is 1. The van der Waals surface area contributed by atoms with Gasteiger partial charge < -0.3 is 0 Å². The molecule has 0 saturated heterocycles. The lowest BCUT2D eigenvalue weighted by Gasteiger charge is -2.20. The van der Waals surface area contributed by atoms with E-state index in [9.17, 15) is 0 Å². The van der Waals surface area contributed by atoms with Crippen molar-refractivity contribution in [2.75, 3.05) is 0 Å². The SMILES string of the molecule is C.Cc1cc(C)c2c(c1)N=C2c1cncs1. The molecule has 0 spiro atoms. The number of nitrogens with zero attached hydrogens (tertiary/aromatic N) is 2. The summed E-state index contributed by atoms with van der Waals surface area (Å²) in [7, 11) is 0. The highest BCUT2D eigenvalue weighted by atomic mass is 32.1. The van der Waals surface area contributed by atoms with Crippen LogP contribution in [0.2, 0.25) is 0 Å². The van der Waals surface area contributed by atoms with Crippen molar-refractivity contribution >= 4 is 22.7 Å². The van der Waals surface area contributed by atoms with Gasteiger partial charge in [-0.3, -0.25) is 4.98 Å². The molecule has 0 atom stereocenters. The zero-order valence-corrected chi connectivity index (χ0v) is 9.43. The summed E-state index contributed by atoms with van der Waals surface area (Å²) in [6, 6.07) is 4.33. The Morgan fingerprint density at radius 1 is 1.19 bits per heavy atom. The summed E-state index contributed by atoms with van der Waals surface area (Å²) in [6.45, 7) is 4.25. The Hall–Kier alpha value is -1.48. The van der Waals surface area contributed by atoms with Gasteiger partial charge in [0.25, 0.3) is 0 Å². The van der Waals surface area contributed by atoms with Crippen molar-refractivity contribution in [2.24, 2.45) is 4.99 Å². The molecular weight excluding hydrogens is 216 g/mol. The molecule has 3 heteroatoms. The van der Waals surface area contributed by atoms with E-state index in [0.29, 0.717) is 0 Å². The number of fused-ring (bicyclic) bond motifs is 1. The van der Waals surface area contributed by atoms with Gasteiger partial charge in [-0.2, -0.15) is 0 Å². The molecule has 16 heavy (non-hydrogen) atoms. The molecule has 0 saturated carbocycles. The third-order valence-electron chi connectivity index (χ3n) is 2.59. The van der Waals surface area contributed by atoms with E-state index < -0.39 is 0 Å². The molecule has 0 amide bonds. The van der Waals surface area contributed by atoms with Crippen molar-refractivity contribution in [2.45, 2.75) is 21.3 Å². The van der Waals surface area contributed by atoms with Crippen molar-refractivity contribution in [1.29, 1.82) is 0 Å². The Morgan fingerprint density at radius 3 is 2.62 bits per heavy atom. The summed E-state index contributed by atoms with van der Waals surface area (Å²) in [4.78, 5) is 9.78. The number of benzene rings is 1. The molecular formula is C13H14N2S. The fourth-order valence-corrected chi connectivity index (χ4v) is 2.59. The van der Waals surface area contributed by atoms with Crippen molar-refractivity contribution in [1.82, 2.24) is 4.98 Å². The first-order valence-corrected chi connectivity index (χ1v) is 5.73. The molecule has 82 valence electrons.